The van der Waals surface area contributed by atoms with Crippen LogP contribution in [0.25, 0.3) is 0 Å². The van der Waals surface area contributed by atoms with E-state index in [1.165, 1.54) is 24.8 Å². The van der Waals surface area contributed by atoms with E-state index >= 15 is 0 Å². The van der Waals surface area contributed by atoms with Crippen LogP contribution in [-0.4, -0.2) is 30.1 Å². The van der Waals surface area contributed by atoms with Crippen molar-refractivity contribution in [2.75, 3.05) is 13.2 Å². The molecule has 0 N–H and O–H groups in total. The van der Waals surface area contributed by atoms with E-state index in [-0.39, 0.29) is 11.6 Å². The number of likely N-dealkylation sites (tertiary alicyclic amines) is 1. The minimum absolute atomic E-state index is 0.0184. The lowest BCUT2D eigenvalue weighted by molar-refractivity contribution is -0.167. The van der Waals surface area contributed by atoms with Gasteiger partial charge in [-0.3, -0.25) is 4.79 Å². The molecule has 1 aromatic rings. The summed E-state index contributed by atoms with van der Waals surface area (Å²) >= 11 is 0. The minimum atomic E-state index is -0.0184. The number of hydrogen-bond acceptors (Lipinski definition) is 2. The number of rotatable bonds is 6. The van der Waals surface area contributed by atoms with Gasteiger partial charge in [-0.15, -0.1) is 0 Å². The van der Waals surface area contributed by atoms with Gasteiger partial charge in [0.2, 0.25) is 5.91 Å². The predicted octanol–water partition coefficient (Wildman–Crippen LogP) is 4.12. The van der Waals surface area contributed by atoms with Crippen LogP contribution in [0.5, 0.6) is 0 Å². The molecule has 1 heterocycles. The van der Waals surface area contributed by atoms with Crippen molar-refractivity contribution in [1.29, 1.82) is 0 Å². The van der Waals surface area contributed by atoms with Gasteiger partial charge in [-0.1, -0.05) is 43.2 Å². The highest BCUT2D eigenvalue weighted by atomic mass is 16.5. The van der Waals surface area contributed by atoms with Crippen LogP contribution in [0, 0.1) is 5.92 Å². The summed E-state index contributed by atoms with van der Waals surface area (Å²) in [6, 6.07) is 10.7. The molecule has 1 saturated heterocycles. The van der Waals surface area contributed by atoms with E-state index in [1.54, 1.807) is 0 Å². The first kappa shape index (κ1) is 16.5. The molecule has 0 aromatic heterocycles. The maximum atomic E-state index is 12.8. The maximum Gasteiger partial charge on any atom is 0.223 e. The molecule has 126 valence electrons. The quantitative estimate of drug-likeness (QED) is 0.739. The third-order valence-electron chi connectivity index (χ3n) is 5.48. The molecular weight excluding hydrogens is 286 g/mol. The summed E-state index contributed by atoms with van der Waals surface area (Å²) in [6.45, 7) is 5.69. The van der Waals surface area contributed by atoms with Gasteiger partial charge in [0.25, 0.3) is 0 Å². The van der Waals surface area contributed by atoms with E-state index in [0.29, 0.717) is 24.9 Å². The van der Waals surface area contributed by atoms with E-state index in [1.807, 2.05) is 13.8 Å². The van der Waals surface area contributed by atoms with Crippen molar-refractivity contribution in [2.24, 2.45) is 5.92 Å². The summed E-state index contributed by atoms with van der Waals surface area (Å²) in [5.74, 6) is 0.953. The smallest absolute Gasteiger partial charge is 0.223 e. The second-order valence-electron chi connectivity index (χ2n) is 7.26. The predicted molar refractivity (Wildman–Crippen MR) is 92.1 cm³/mol. The van der Waals surface area contributed by atoms with Crippen LogP contribution in [-0.2, 0) is 15.1 Å². The van der Waals surface area contributed by atoms with Crippen LogP contribution < -0.4 is 0 Å². The van der Waals surface area contributed by atoms with E-state index < -0.39 is 0 Å². The number of benzene rings is 1. The third kappa shape index (κ3) is 3.16. The Morgan fingerprint density at radius 3 is 2.78 bits per heavy atom. The number of hydrogen-bond donors (Lipinski definition) is 0. The van der Waals surface area contributed by atoms with Crippen LogP contribution in [0.4, 0.5) is 0 Å². The Balaban J connectivity index is 1.68. The summed E-state index contributed by atoms with van der Waals surface area (Å²) in [4.78, 5) is 14.9. The van der Waals surface area contributed by atoms with E-state index in [4.69, 9.17) is 4.74 Å². The number of amides is 1. The van der Waals surface area contributed by atoms with Gasteiger partial charge in [0, 0.05) is 25.5 Å². The summed E-state index contributed by atoms with van der Waals surface area (Å²) in [5, 5.41) is 0. The van der Waals surface area contributed by atoms with Crippen LogP contribution in [0.2, 0.25) is 0 Å². The Morgan fingerprint density at radius 2 is 2.09 bits per heavy atom. The summed E-state index contributed by atoms with van der Waals surface area (Å²) in [5.41, 5.74) is 1.32. The molecule has 1 aliphatic heterocycles. The highest BCUT2D eigenvalue weighted by Gasteiger charge is 2.56. The Kier molecular flexibility index (Phi) is 5.05. The van der Waals surface area contributed by atoms with Gasteiger partial charge in [-0.2, -0.15) is 0 Å². The Bertz CT molecular complexity index is 528. The molecule has 2 aliphatic rings. The zero-order valence-corrected chi connectivity index (χ0v) is 14.5. The SMILES string of the molecule is CC(C)OCCCC(=O)N1CC2CCCCC21c1ccccc1. The van der Waals surface area contributed by atoms with Crippen molar-refractivity contribution in [3.63, 3.8) is 0 Å². The van der Waals surface area contributed by atoms with E-state index in [9.17, 15) is 4.79 Å². The second kappa shape index (κ2) is 7.04. The molecule has 1 aromatic carbocycles. The van der Waals surface area contributed by atoms with Crippen LogP contribution >= 0.6 is 0 Å². The lowest BCUT2D eigenvalue weighted by Crippen LogP contribution is -2.67. The van der Waals surface area contributed by atoms with Gasteiger partial charge >= 0.3 is 0 Å². The number of nitrogens with zero attached hydrogens (tertiary/aromatic N) is 1. The molecule has 2 atom stereocenters. The summed E-state index contributed by atoms with van der Waals surface area (Å²) in [7, 11) is 0. The zero-order chi connectivity index (χ0) is 16.3. The van der Waals surface area contributed by atoms with E-state index in [2.05, 4.69) is 35.2 Å². The monoisotopic (exact) mass is 315 g/mol. The van der Waals surface area contributed by atoms with Crippen molar-refractivity contribution in [1.82, 2.24) is 4.90 Å². The van der Waals surface area contributed by atoms with Gasteiger partial charge in [0.15, 0.2) is 0 Å². The van der Waals surface area contributed by atoms with E-state index in [0.717, 1.165) is 19.4 Å². The highest BCUT2D eigenvalue weighted by molar-refractivity contribution is 5.78. The van der Waals surface area contributed by atoms with Crippen molar-refractivity contribution in [3.05, 3.63) is 35.9 Å². The molecule has 1 aliphatic carbocycles. The summed E-state index contributed by atoms with van der Waals surface area (Å²) in [6.07, 6.45) is 6.59. The van der Waals surface area contributed by atoms with Crippen molar-refractivity contribution in [2.45, 2.75) is 64.0 Å². The Morgan fingerprint density at radius 1 is 1.30 bits per heavy atom. The first-order valence-electron chi connectivity index (χ1n) is 9.12. The van der Waals surface area contributed by atoms with Gasteiger partial charge in [-0.05, 0) is 38.7 Å². The first-order chi connectivity index (χ1) is 11.1. The maximum absolute atomic E-state index is 12.8. The molecule has 0 radical (unpaired) electrons. The fourth-order valence-corrected chi connectivity index (χ4v) is 4.36. The molecule has 1 amide bonds. The Labute approximate surface area is 140 Å². The molecule has 23 heavy (non-hydrogen) atoms. The molecule has 3 nitrogen and oxygen atoms in total. The highest BCUT2D eigenvalue weighted by Crippen LogP contribution is 2.53. The zero-order valence-electron chi connectivity index (χ0n) is 14.5. The lowest BCUT2D eigenvalue weighted by atomic mass is 9.61. The summed E-state index contributed by atoms with van der Waals surface area (Å²) < 4.78 is 5.57. The molecule has 2 fully saturated rings. The molecule has 0 spiro atoms. The molecule has 3 rings (SSSR count). The largest absolute Gasteiger partial charge is 0.379 e. The van der Waals surface area contributed by atoms with Gasteiger partial charge < -0.3 is 9.64 Å². The number of fused-ring (bicyclic) bond motifs is 1. The van der Waals surface area contributed by atoms with Crippen molar-refractivity contribution in [3.8, 4) is 0 Å². The molecule has 2 unspecified atom stereocenters. The standard InChI is InChI=1S/C20H29NO2/c1-16(2)23-14-8-12-19(22)21-15-18-11-6-7-13-20(18,21)17-9-4-3-5-10-17/h3-5,9-10,16,18H,6-8,11-15H2,1-2H3. The molecular formula is C20H29NO2. The lowest BCUT2D eigenvalue weighted by Gasteiger charge is -2.61. The van der Waals surface area contributed by atoms with Crippen LogP contribution in [0.15, 0.2) is 30.3 Å². The van der Waals surface area contributed by atoms with Gasteiger partial charge in [0.1, 0.15) is 0 Å². The van der Waals surface area contributed by atoms with Crippen molar-refractivity contribution < 1.29 is 9.53 Å². The average molecular weight is 315 g/mol. The topological polar surface area (TPSA) is 29.5 Å². The second-order valence-corrected chi connectivity index (χ2v) is 7.26. The fourth-order valence-electron chi connectivity index (χ4n) is 4.36. The number of carbonyl (C=O) groups excluding carboxylic acids is 1. The third-order valence-corrected chi connectivity index (χ3v) is 5.48. The van der Waals surface area contributed by atoms with Crippen LogP contribution in [0.1, 0.15) is 57.9 Å². The number of carbonyl (C=O) groups is 1. The molecule has 1 saturated carbocycles. The van der Waals surface area contributed by atoms with Crippen molar-refractivity contribution >= 4 is 5.91 Å². The fraction of sp³-hybridized carbons (Fsp3) is 0.650. The Hall–Kier alpha value is -1.35. The molecule has 3 heteroatoms. The molecule has 0 bridgehead atoms. The minimum Gasteiger partial charge on any atom is -0.379 e. The normalized spacial score (nSPS) is 26.7. The van der Waals surface area contributed by atoms with Crippen LogP contribution in [0.3, 0.4) is 0 Å². The van der Waals surface area contributed by atoms with Gasteiger partial charge in [-0.25, -0.2) is 0 Å². The first-order valence-corrected chi connectivity index (χ1v) is 9.12. The number of ether oxygens (including phenoxy) is 1. The average Bonchev–Trinajstić information content (AvgIpc) is 2.53. The van der Waals surface area contributed by atoms with Gasteiger partial charge in [0.05, 0.1) is 11.6 Å².